The Morgan fingerprint density at radius 2 is 1.62 bits per heavy atom. The first-order valence-electron chi connectivity index (χ1n) is 2.78. The molecule has 0 bridgehead atoms. The van der Waals surface area contributed by atoms with E-state index in [0.29, 0.717) is 0 Å². The molecule has 8 heavy (non-hydrogen) atoms. The quantitative estimate of drug-likeness (QED) is 0.408. The van der Waals surface area contributed by atoms with Gasteiger partial charge in [-0.05, 0) is 19.3 Å². The minimum Gasteiger partial charge on any atom is -0.118 e. The molecule has 0 nitrogen and oxygen atoms in total. The highest BCUT2D eigenvalue weighted by Crippen LogP contribution is 2.38. The zero-order valence-corrected chi connectivity index (χ0v) is 4.78. The van der Waals surface area contributed by atoms with Gasteiger partial charge >= 0.3 is 0 Å². The highest BCUT2D eigenvalue weighted by atomic mass is 14.3. The third-order valence-electron chi connectivity index (χ3n) is 1.76. The van der Waals surface area contributed by atoms with Crippen molar-refractivity contribution in [3.8, 4) is 24.7 Å². The number of hydrogen-bond donors (Lipinski definition) is 0. The van der Waals surface area contributed by atoms with E-state index in [-0.39, 0.29) is 5.41 Å². The maximum absolute atomic E-state index is 5.19. The fourth-order valence-electron chi connectivity index (χ4n) is 0.861. The Balaban J connectivity index is 2.66. The van der Waals surface area contributed by atoms with Crippen molar-refractivity contribution < 1.29 is 0 Å². The maximum Gasteiger partial charge on any atom is 0.0913 e. The summed E-state index contributed by atoms with van der Waals surface area (Å²) in [7, 11) is 0. The second-order valence-corrected chi connectivity index (χ2v) is 2.22. The second-order valence-electron chi connectivity index (χ2n) is 2.22. The monoisotopic (exact) mass is 104 g/mol. The topological polar surface area (TPSA) is 0 Å². The molecule has 0 saturated heterocycles. The lowest BCUT2D eigenvalue weighted by molar-refractivity contribution is 0.307. The van der Waals surface area contributed by atoms with E-state index < -0.39 is 0 Å². The highest BCUT2D eigenvalue weighted by Gasteiger charge is 2.32. The smallest absolute Gasteiger partial charge is 0.0913 e. The number of terminal acetylenes is 2. The van der Waals surface area contributed by atoms with Crippen LogP contribution in [0.15, 0.2) is 0 Å². The fourth-order valence-corrected chi connectivity index (χ4v) is 0.861. The van der Waals surface area contributed by atoms with Gasteiger partial charge in [0.2, 0.25) is 0 Å². The molecule has 1 fully saturated rings. The molecule has 0 aliphatic heterocycles. The third-order valence-corrected chi connectivity index (χ3v) is 1.76. The van der Waals surface area contributed by atoms with Crippen molar-refractivity contribution in [2.45, 2.75) is 19.3 Å². The molecule has 0 radical (unpaired) electrons. The Labute approximate surface area is 50.3 Å². The molecule has 0 aromatic rings. The van der Waals surface area contributed by atoms with E-state index in [2.05, 4.69) is 11.8 Å². The van der Waals surface area contributed by atoms with Crippen LogP contribution in [0.25, 0.3) is 0 Å². The molecule has 1 saturated carbocycles. The first-order chi connectivity index (χ1) is 3.83. The lowest BCUT2D eigenvalue weighted by Crippen LogP contribution is -2.24. The van der Waals surface area contributed by atoms with E-state index in [1.54, 1.807) is 0 Å². The Hall–Kier alpha value is -0.880. The van der Waals surface area contributed by atoms with Gasteiger partial charge in [0, 0.05) is 0 Å². The molecule has 1 aliphatic carbocycles. The van der Waals surface area contributed by atoms with Gasteiger partial charge in [-0.3, -0.25) is 0 Å². The van der Waals surface area contributed by atoms with Crippen molar-refractivity contribution in [1.29, 1.82) is 0 Å². The molecular weight excluding hydrogens is 96.1 g/mol. The van der Waals surface area contributed by atoms with Gasteiger partial charge in [-0.2, -0.15) is 0 Å². The predicted molar refractivity (Wildman–Crippen MR) is 33.9 cm³/mol. The van der Waals surface area contributed by atoms with E-state index in [1.165, 1.54) is 6.42 Å². The van der Waals surface area contributed by atoms with Crippen molar-refractivity contribution in [1.82, 2.24) is 0 Å². The van der Waals surface area contributed by atoms with Crippen LogP contribution in [0.4, 0.5) is 0 Å². The van der Waals surface area contributed by atoms with Crippen molar-refractivity contribution in [3.05, 3.63) is 0 Å². The molecule has 0 aromatic heterocycles. The van der Waals surface area contributed by atoms with Crippen LogP contribution in [0, 0.1) is 30.1 Å². The molecule has 0 amide bonds. The zero-order valence-electron chi connectivity index (χ0n) is 4.78. The Kier molecular flexibility index (Phi) is 1.03. The van der Waals surface area contributed by atoms with Gasteiger partial charge in [-0.15, -0.1) is 12.8 Å². The van der Waals surface area contributed by atoms with Gasteiger partial charge < -0.3 is 0 Å². The minimum absolute atomic E-state index is 0.139. The van der Waals surface area contributed by atoms with Crippen LogP contribution in [0.3, 0.4) is 0 Å². The molecule has 1 rings (SSSR count). The van der Waals surface area contributed by atoms with Gasteiger partial charge in [0.15, 0.2) is 0 Å². The van der Waals surface area contributed by atoms with Gasteiger partial charge in [0.1, 0.15) is 0 Å². The predicted octanol–water partition coefficient (Wildman–Crippen LogP) is 1.42. The van der Waals surface area contributed by atoms with Crippen LogP contribution >= 0.6 is 0 Å². The van der Waals surface area contributed by atoms with E-state index in [1.807, 2.05) is 0 Å². The Morgan fingerprint density at radius 3 is 1.62 bits per heavy atom. The molecule has 0 heteroatoms. The zero-order chi connectivity index (χ0) is 6.04. The van der Waals surface area contributed by atoms with Crippen LogP contribution in [-0.4, -0.2) is 0 Å². The van der Waals surface area contributed by atoms with E-state index in [0.717, 1.165) is 12.8 Å². The third kappa shape index (κ3) is 0.505. The summed E-state index contributed by atoms with van der Waals surface area (Å²) in [6.07, 6.45) is 13.6. The van der Waals surface area contributed by atoms with E-state index >= 15 is 0 Å². The van der Waals surface area contributed by atoms with Crippen molar-refractivity contribution in [2.75, 3.05) is 0 Å². The molecule has 0 spiro atoms. The fraction of sp³-hybridized carbons (Fsp3) is 0.500. The molecule has 1 aliphatic rings. The summed E-state index contributed by atoms with van der Waals surface area (Å²) in [5.74, 6) is 5.26. The summed E-state index contributed by atoms with van der Waals surface area (Å²) in [6, 6.07) is 0. The Morgan fingerprint density at radius 1 is 1.12 bits per heavy atom. The second kappa shape index (κ2) is 1.57. The van der Waals surface area contributed by atoms with Gasteiger partial charge in [0.25, 0.3) is 0 Å². The van der Waals surface area contributed by atoms with Gasteiger partial charge in [-0.25, -0.2) is 0 Å². The Bertz CT molecular complexity index is 143. The first kappa shape index (κ1) is 5.26. The average molecular weight is 104 g/mol. The van der Waals surface area contributed by atoms with Crippen LogP contribution in [0.5, 0.6) is 0 Å². The normalized spacial score (nSPS) is 22.2. The van der Waals surface area contributed by atoms with E-state index in [4.69, 9.17) is 12.8 Å². The van der Waals surface area contributed by atoms with Crippen molar-refractivity contribution in [2.24, 2.45) is 5.41 Å². The van der Waals surface area contributed by atoms with Crippen molar-refractivity contribution in [3.63, 3.8) is 0 Å². The lowest BCUT2D eigenvalue weighted by atomic mass is 9.70. The lowest BCUT2D eigenvalue weighted by Gasteiger charge is -2.31. The van der Waals surface area contributed by atoms with Gasteiger partial charge in [0.05, 0.1) is 5.41 Å². The van der Waals surface area contributed by atoms with Crippen LogP contribution in [0.2, 0.25) is 0 Å². The number of rotatable bonds is 0. The summed E-state index contributed by atoms with van der Waals surface area (Å²) in [6.45, 7) is 0. The molecule has 0 unspecified atom stereocenters. The summed E-state index contributed by atoms with van der Waals surface area (Å²) in [5.41, 5.74) is -0.139. The molecule has 40 valence electrons. The highest BCUT2D eigenvalue weighted by molar-refractivity contribution is 5.24. The standard InChI is InChI=1S/C8H8/c1-3-8(4-2)6-5-7-8/h1-2H,5-7H2. The maximum atomic E-state index is 5.19. The molecule has 0 N–H and O–H groups in total. The largest absolute Gasteiger partial charge is 0.118 e. The van der Waals surface area contributed by atoms with Crippen LogP contribution < -0.4 is 0 Å². The average Bonchev–Trinajstić information content (AvgIpc) is 1.67. The molecule has 0 aromatic carbocycles. The SMILES string of the molecule is C#CC1(C#C)CCC1. The molecule has 0 atom stereocenters. The first-order valence-corrected chi connectivity index (χ1v) is 2.78. The summed E-state index contributed by atoms with van der Waals surface area (Å²) in [4.78, 5) is 0. The summed E-state index contributed by atoms with van der Waals surface area (Å²) >= 11 is 0. The molecular formula is C8H8. The van der Waals surface area contributed by atoms with E-state index in [9.17, 15) is 0 Å². The number of hydrogen-bond acceptors (Lipinski definition) is 0. The van der Waals surface area contributed by atoms with Crippen LogP contribution in [0.1, 0.15) is 19.3 Å². The summed E-state index contributed by atoms with van der Waals surface area (Å²) < 4.78 is 0. The summed E-state index contributed by atoms with van der Waals surface area (Å²) in [5, 5.41) is 0. The van der Waals surface area contributed by atoms with Crippen LogP contribution in [-0.2, 0) is 0 Å². The minimum atomic E-state index is -0.139. The van der Waals surface area contributed by atoms with Crippen molar-refractivity contribution >= 4 is 0 Å². The van der Waals surface area contributed by atoms with Gasteiger partial charge in [-0.1, -0.05) is 11.8 Å². The molecule has 0 heterocycles.